The van der Waals surface area contributed by atoms with Crippen LogP contribution in [0.15, 0.2) is 24.3 Å². The van der Waals surface area contributed by atoms with Gasteiger partial charge in [-0.3, -0.25) is 14.9 Å². The molecule has 0 unspecified atom stereocenters. The van der Waals surface area contributed by atoms with Crippen LogP contribution in [0.1, 0.15) is 32.1 Å². The summed E-state index contributed by atoms with van der Waals surface area (Å²) < 4.78 is 6.81. The second-order valence-corrected chi connectivity index (χ2v) is 5.67. The normalized spacial score (nSPS) is 10.5. The summed E-state index contributed by atoms with van der Waals surface area (Å²) in [5.74, 6) is -1.24. The summed E-state index contributed by atoms with van der Waals surface area (Å²) in [7, 11) is 1.83. The van der Waals surface area contributed by atoms with Crippen molar-refractivity contribution < 1.29 is 19.2 Å². The first-order chi connectivity index (χ1) is 11.2. The van der Waals surface area contributed by atoms with Gasteiger partial charge in [0.25, 0.3) is 5.69 Å². The predicted molar refractivity (Wildman–Crippen MR) is 87.6 cm³/mol. The molecule has 0 spiro atoms. The molecule has 0 atom stereocenters. The number of halogens is 1. The molecule has 0 saturated heterocycles. The molecular formula is C16H15ClN2O5. The summed E-state index contributed by atoms with van der Waals surface area (Å²) in [6, 6.07) is 5.15. The molecule has 1 aromatic heterocycles. The Kier molecular flexibility index (Phi) is 5.04. The molecule has 1 aromatic carbocycles. The molecule has 8 heteroatoms. The molecule has 0 aliphatic heterocycles. The molecule has 0 aliphatic rings. The van der Waals surface area contributed by atoms with Crippen molar-refractivity contribution >= 4 is 29.0 Å². The number of hydrogen-bond donors (Lipinski definition) is 0. The smallest absolute Gasteiger partial charge is 0.340 e. The van der Waals surface area contributed by atoms with Gasteiger partial charge in [-0.05, 0) is 26.0 Å². The van der Waals surface area contributed by atoms with E-state index in [9.17, 15) is 19.7 Å². The topological polar surface area (TPSA) is 91.4 Å². The lowest BCUT2D eigenvalue weighted by molar-refractivity contribution is -0.384. The Morgan fingerprint density at radius 3 is 2.46 bits per heavy atom. The highest BCUT2D eigenvalue weighted by Gasteiger charge is 2.20. The number of hydrogen-bond acceptors (Lipinski definition) is 5. The summed E-state index contributed by atoms with van der Waals surface area (Å²) in [5.41, 5.74) is 1.70. The number of benzene rings is 1. The molecule has 0 radical (unpaired) electrons. The molecule has 7 nitrogen and oxygen atoms in total. The molecule has 1 heterocycles. The Morgan fingerprint density at radius 2 is 1.92 bits per heavy atom. The van der Waals surface area contributed by atoms with E-state index in [2.05, 4.69) is 0 Å². The summed E-state index contributed by atoms with van der Waals surface area (Å²) in [5, 5.41) is 10.8. The predicted octanol–water partition coefficient (Wildman–Crippen LogP) is 3.24. The van der Waals surface area contributed by atoms with Crippen molar-refractivity contribution in [2.45, 2.75) is 13.8 Å². The first kappa shape index (κ1) is 17.7. The van der Waals surface area contributed by atoms with Crippen LogP contribution >= 0.6 is 11.6 Å². The van der Waals surface area contributed by atoms with Gasteiger partial charge in [0.15, 0.2) is 6.61 Å². The third-order valence-electron chi connectivity index (χ3n) is 3.79. The van der Waals surface area contributed by atoms with Gasteiger partial charge in [-0.25, -0.2) is 4.79 Å². The second-order valence-electron chi connectivity index (χ2n) is 5.26. The monoisotopic (exact) mass is 350 g/mol. The fourth-order valence-electron chi connectivity index (χ4n) is 2.21. The zero-order valence-electron chi connectivity index (χ0n) is 13.3. The van der Waals surface area contributed by atoms with Gasteiger partial charge in [-0.2, -0.15) is 0 Å². The SMILES string of the molecule is Cc1cc(C(=O)COC(=O)c2cc([N+](=O)[O-])ccc2Cl)c(C)n1C. The standard InChI is InChI=1S/C16H15ClN2O5/c1-9-6-12(10(2)18(9)3)15(20)8-24-16(21)13-7-11(19(22)23)4-5-14(13)17/h4-7H,8H2,1-3H3. The Hall–Kier alpha value is -2.67. The van der Waals surface area contributed by atoms with Crippen molar-refractivity contribution in [3.8, 4) is 0 Å². The van der Waals surface area contributed by atoms with Crippen LogP contribution in [0.3, 0.4) is 0 Å². The van der Waals surface area contributed by atoms with Gasteiger partial charge in [-0.1, -0.05) is 11.6 Å². The van der Waals surface area contributed by atoms with Gasteiger partial charge in [0.2, 0.25) is 5.78 Å². The third kappa shape index (κ3) is 3.46. The van der Waals surface area contributed by atoms with E-state index in [0.717, 1.165) is 17.5 Å². The van der Waals surface area contributed by atoms with E-state index in [-0.39, 0.29) is 22.1 Å². The van der Waals surface area contributed by atoms with Crippen LogP contribution in [0.4, 0.5) is 5.69 Å². The maximum Gasteiger partial charge on any atom is 0.340 e. The fraction of sp³-hybridized carbons (Fsp3) is 0.250. The van der Waals surface area contributed by atoms with E-state index >= 15 is 0 Å². The number of aryl methyl sites for hydroxylation is 1. The lowest BCUT2D eigenvalue weighted by Gasteiger charge is -2.06. The first-order valence-corrected chi connectivity index (χ1v) is 7.37. The minimum atomic E-state index is -0.887. The highest BCUT2D eigenvalue weighted by atomic mass is 35.5. The number of aromatic nitrogens is 1. The minimum Gasteiger partial charge on any atom is -0.454 e. The van der Waals surface area contributed by atoms with Crippen molar-refractivity contribution in [1.82, 2.24) is 4.57 Å². The number of nitro benzene ring substituents is 1. The summed E-state index contributed by atoms with van der Waals surface area (Å²) >= 11 is 5.87. The second kappa shape index (κ2) is 6.84. The average Bonchev–Trinajstić information content (AvgIpc) is 2.80. The molecule has 0 fully saturated rings. The summed E-state index contributed by atoms with van der Waals surface area (Å²) in [6.07, 6.45) is 0. The van der Waals surface area contributed by atoms with E-state index in [1.165, 1.54) is 12.1 Å². The summed E-state index contributed by atoms with van der Waals surface area (Å²) in [6.45, 7) is 3.18. The summed E-state index contributed by atoms with van der Waals surface area (Å²) in [4.78, 5) is 34.4. The van der Waals surface area contributed by atoms with Crippen LogP contribution in [0.25, 0.3) is 0 Å². The third-order valence-corrected chi connectivity index (χ3v) is 4.12. The number of esters is 1. The van der Waals surface area contributed by atoms with Crippen molar-refractivity contribution in [2.75, 3.05) is 6.61 Å². The van der Waals surface area contributed by atoms with E-state index in [4.69, 9.17) is 16.3 Å². The molecule has 0 aliphatic carbocycles. The zero-order valence-corrected chi connectivity index (χ0v) is 14.1. The van der Waals surface area contributed by atoms with Crippen molar-refractivity contribution in [2.24, 2.45) is 7.05 Å². The van der Waals surface area contributed by atoms with Crippen molar-refractivity contribution in [3.63, 3.8) is 0 Å². The number of carbonyl (C=O) groups excluding carboxylic acids is 2. The Morgan fingerprint density at radius 1 is 1.25 bits per heavy atom. The van der Waals surface area contributed by atoms with Gasteiger partial charge < -0.3 is 9.30 Å². The quantitative estimate of drug-likeness (QED) is 0.357. The van der Waals surface area contributed by atoms with Crippen LogP contribution < -0.4 is 0 Å². The van der Waals surface area contributed by atoms with Gasteiger partial charge in [-0.15, -0.1) is 0 Å². The number of nitrogens with zero attached hydrogens (tertiary/aromatic N) is 2. The minimum absolute atomic E-state index is 0.0183. The molecule has 0 N–H and O–H groups in total. The number of carbonyl (C=O) groups is 2. The zero-order chi connectivity index (χ0) is 18.0. The largest absolute Gasteiger partial charge is 0.454 e. The Bertz CT molecular complexity index is 841. The van der Waals surface area contributed by atoms with Crippen LogP contribution in [-0.2, 0) is 11.8 Å². The maximum atomic E-state index is 12.2. The Labute approximate surface area is 142 Å². The van der Waals surface area contributed by atoms with Gasteiger partial charge in [0.05, 0.1) is 15.5 Å². The van der Waals surface area contributed by atoms with E-state index in [1.807, 2.05) is 18.5 Å². The maximum absolute atomic E-state index is 12.2. The highest BCUT2D eigenvalue weighted by Crippen LogP contribution is 2.23. The molecule has 2 rings (SSSR count). The Balaban J connectivity index is 2.13. The molecule has 2 aromatic rings. The van der Waals surface area contributed by atoms with Gasteiger partial charge >= 0.3 is 5.97 Å². The molecule has 0 saturated carbocycles. The first-order valence-electron chi connectivity index (χ1n) is 6.99. The molecule has 126 valence electrons. The fourth-order valence-corrected chi connectivity index (χ4v) is 2.40. The van der Waals surface area contributed by atoms with E-state index < -0.39 is 17.5 Å². The number of ether oxygens (including phenoxy) is 1. The van der Waals surface area contributed by atoms with Crippen LogP contribution in [0.5, 0.6) is 0 Å². The lowest BCUT2D eigenvalue weighted by atomic mass is 10.1. The van der Waals surface area contributed by atoms with E-state index in [0.29, 0.717) is 5.56 Å². The average molecular weight is 351 g/mol. The number of Topliss-reactive ketones (excluding diaryl/α,β-unsaturated/α-hetero) is 1. The number of ketones is 1. The van der Waals surface area contributed by atoms with Crippen LogP contribution in [0, 0.1) is 24.0 Å². The van der Waals surface area contributed by atoms with Crippen LogP contribution in [-0.4, -0.2) is 27.8 Å². The van der Waals surface area contributed by atoms with Gasteiger partial charge in [0.1, 0.15) is 0 Å². The number of rotatable bonds is 5. The van der Waals surface area contributed by atoms with Crippen LogP contribution in [0.2, 0.25) is 5.02 Å². The molecular weight excluding hydrogens is 336 g/mol. The molecule has 24 heavy (non-hydrogen) atoms. The van der Waals surface area contributed by atoms with Crippen molar-refractivity contribution in [1.29, 1.82) is 0 Å². The van der Waals surface area contributed by atoms with Crippen molar-refractivity contribution in [3.05, 3.63) is 61.9 Å². The van der Waals surface area contributed by atoms with E-state index in [1.54, 1.807) is 13.0 Å². The number of non-ortho nitro benzene ring substituents is 1. The highest BCUT2D eigenvalue weighted by molar-refractivity contribution is 6.33. The molecule has 0 bridgehead atoms. The van der Waals surface area contributed by atoms with Gasteiger partial charge in [0, 0.05) is 36.1 Å². The number of nitro groups is 1. The molecule has 0 amide bonds. The lowest BCUT2D eigenvalue weighted by Crippen LogP contribution is -2.15.